The Morgan fingerprint density at radius 1 is 1.08 bits per heavy atom. The van der Waals surface area contributed by atoms with E-state index in [1.165, 1.54) is 30.2 Å². The molecule has 24 heavy (non-hydrogen) atoms. The number of imidazole rings is 1. The van der Waals surface area contributed by atoms with Crippen molar-refractivity contribution in [3.63, 3.8) is 0 Å². The molecule has 5 heteroatoms. The Morgan fingerprint density at radius 3 is 2.58 bits per heavy atom. The predicted molar refractivity (Wildman–Crippen MR) is 88.6 cm³/mol. The zero-order chi connectivity index (χ0) is 16.8. The molecule has 0 atom stereocenters. The maximum absolute atomic E-state index is 13.0. The number of carbonyl (C=O) groups excluding carboxylic acids is 1. The number of esters is 1. The minimum Gasteiger partial charge on any atom is -0.461 e. The van der Waals surface area contributed by atoms with Gasteiger partial charge in [-0.1, -0.05) is 30.3 Å². The fourth-order valence-corrected chi connectivity index (χ4v) is 2.41. The molecule has 0 unspecified atom stereocenters. The summed E-state index contributed by atoms with van der Waals surface area (Å²) in [6.07, 6.45) is 4.56. The monoisotopic (exact) mass is 324 g/mol. The van der Waals surface area contributed by atoms with E-state index in [1.54, 1.807) is 16.7 Å². The molecule has 4 nitrogen and oxygen atoms in total. The van der Waals surface area contributed by atoms with E-state index in [0.29, 0.717) is 18.0 Å². The van der Waals surface area contributed by atoms with E-state index >= 15 is 0 Å². The third kappa shape index (κ3) is 3.87. The van der Waals surface area contributed by atoms with Crippen molar-refractivity contribution in [3.8, 4) is 5.69 Å². The molecular weight excluding hydrogens is 307 g/mol. The highest BCUT2D eigenvalue weighted by atomic mass is 19.1. The lowest BCUT2D eigenvalue weighted by Crippen LogP contribution is -2.12. The normalized spacial score (nSPS) is 10.5. The summed E-state index contributed by atoms with van der Waals surface area (Å²) >= 11 is 0. The van der Waals surface area contributed by atoms with E-state index in [-0.39, 0.29) is 5.82 Å². The van der Waals surface area contributed by atoms with Crippen molar-refractivity contribution in [2.24, 2.45) is 0 Å². The van der Waals surface area contributed by atoms with Gasteiger partial charge in [-0.25, -0.2) is 14.2 Å². The minimum absolute atomic E-state index is 0.321. The molecular formula is C19H17FN2O2. The number of hydrogen-bond acceptors (Lipinski definition) is 3. The largest absolute Gasteiger partial charge is 0.461 e. The van der Waals surface area contributed by atoms with Crippen molar-refractivity contribution >= 4 is 5.97 Å². The SMILES string of the molecule is O=C(OCCCc1ccccc1)c1cncn1-c1ccc(F)cc1. The van der Waals surface area contributed by atoms with Crippen LogP contribution in [0.25, 0.3) is 5.69 Å². The molecule has 1 aromatic heterocycles. The lowest BCUT2D eigenvalue weighted by molar-refractivity contribution is 0.0491. The second kappa shape index (κ2) is 7.55. The Kier molecular flexibility index (Phi) is 5.01. The van der Waals surface area contributed by atoms with Gasteiger partial charge in [0.2, 0.25) is 0 Å². The zero-order valence-electron chi connectivity index (χ0n) is 13.1. The molecule has 0 fully saturated rings. The number of nitrogens with zero attached hydrogens (tertiary/aromatic N) is 2. The Hall–Kier alpha value is -2.95. The number of halogens is 1. The molecule has 0 radical (unpaired) electrons. The summed E-state index contributed by atoms with van der Waals surface area (Å²) in [4.78, 5) is 16.2. The lowest BCUT2D eigenvalue weighted by atomic mass is 10.1. The van der Waals surface area contributed by atoms with Crippen LogP contribution in [-0.4, -0.2) is 22.1 Å². The first-order valence-electron chi connectivity index (χ1n) is 7.73. The van der Waals surface area contributed by atoms with Gasteiger partial charge in [0, 0.05) is 5.69 Å². The first-order valence-corrected chi connectivity index (χ1v) is 7.73. The van der Waals surface area contributed by atoms with Gasteiger partial charge in [-0.2, -0.15) is 0 Å². The number of rotatable bonds is 6. The summed E-state index contributed by atoms with van der Waals surface area (Å²) in [5, 5.41) is 0. The van der Waals surface area contributed by atoms with Crippen molar-refractivity contribution in [1.29, 1.82) is 0 Å². The van der Waals surface area contributed by atoms with Gasteiger partial charge in [0.05, 0.1) is 19.1 Å². The van der Waals surface area contributed by atoms with Crippen molar-refractivity contribution in [2.75, 3.05) is 6.61 Å². The minimum atomic E-state index is -0.440. The molecule has 0 spiro atoms. The van der Waals surface area contributed by atoms with E-state index in [9.17, 15) is 9.18 Å². The number of hydrogen-bond donors (Lipinski definition) is 0. The van der Waals surface area contributed by atoms with Gasteiger partial charge in [-0.3, -0.25) is 4.57 Å². The molecule has 3 rings (SSSR count). The number of aryl methyl sites for hydroxylation is 1. The van der Waals surface area contributed by atoms with Crippen LogP contribution in [0.1, 0.15) is 22.5 Å². The third-order valence-electron chi connectivity index (χ3n) is 3.64. The lowest BCUT2D eigenvalue weighted by Gasteiger charge is -2.08. The molecule has 3 aromatic rings. The highest BCUT2D eigenvalue weighted by Crippen LogP contribution is 2.13. The van der Waals surface area contributed by atoms with Gasteiger partial charge < -0.3 is 4.74 Å². The van der Waals surface area contributed by atoms with Crippen LogP contribution in [-0.2, 0) is 11.2 Å². The van der Waals surface area contributed by atoms with Crippen molar-refractivity contribution in [1.82, 2.24) is 9.55 Å². The average Bonchev–Trinajstić information content (AvgIpc) is 3.10. The smallest absolute Gasteiger partial charge is 0.356 e. The van der Waals surface area contributed by atoms with Crippen molar-refractivity contribution < 1.29 is 13.9 Å². The molecule has 0 amide bonds. The van der Waals surface area contributed by atoms with E-state index in [0.717, 1.165) is 12.8 Å². The molecule has 122 valence electrons. The maximum atomic E-state index is 13.0. The first kappa shape index (κ1) is 15.9. The highest BCUT2D eigenvalue weighted by Gasteiger charge is 2.14. The second-order valence-electron chi connectivity index (χ2n) is 5.35. The third-order valence-corrected chi connectivity index (χ3v) is 3.64. The Balaban J connectivity index is 1.58. The Morgan fingerprint density at radius 2 is 1.83 bits per heavy atom. The van der Waals surface area contributed by atoms with Gasteiger partial charge in [0.15, 0.2) is 5.69 Å². The van der Waals surface area contributed by atoms with E-state index in [4.69, 9.17) is 4.74 Å². The van der Waals surface area contributed by atoms with Crippen LogP contribution in [0.4, 0.5) is 4.39 Å². The van der Waals surface area contributed by atoms with E-state index < -0.39 is 5.97 Å². The van der Waals surface area contributed by atoms with Gasteiger partial charge in [0.25, 0.3) is 0 Å². The molecule has 0 aliphatic heterocycles. The fourth-order valence-electron chi connectivity index (χ4n) is 2.41. The summed E-state index contributed by atoms with van der Waals surface area (Å²) in [7, 11) is 0. The zero-order valence-corrected chi connectivity index (χ0v) is 13.1. The molecule has 0 saturated carbocycles. The molecule has 2 aromatic carbocycles. The van der Waals surface area contributed by atoms with Crippen LogP contribution < -0.4 is 0 Å². The number of aromatic nitrogens is 2. The Labute approximate surface area is 139 Å². The average molecular weight is 324 g/mol. The number of ether oxygens (including phenoxy) is 1. The standard InChI is InChI=1S/C19H17FN2O2/c20-16-8-10-17(11-9-16)22-14-21-13-18(22)19(23)24-12-4-7-15-5-2-1-3-6-15/h1-3,5-6,8-11,13-14H,4,7,12H2. The van der Waals surface area contributed by atoms with Crippen molar-refractivity contribution in [2.45, 2.75) is 12.8 Å². The summed E-state index contributed by atoms with van der Waals surface area (Å²) in [6.45, 7) is 0.336. The topological polar surface area (TPSA) is 44.1 Å². The van der Waals surface area contributed by atoms with Gasteiger partial charge in [0.1, 0.15) is 5.82 Å². The van der Waals surface area contributed by atoms with E-state index in [1.807, 2.05) is 30.3 Å². The van der Waals surface area contributed by atoms with Gasteiger partial charge in [-0.15, -0.1) is 0 Å². The van der Waals surface area contributed by atoms with Crippen LogP contribution in [0, 0.1) is 5.82 Å². The summed E-state index contributed by atoms with van der Waals surface area (Å²) in [5.41, 5.74) is 2.19. The van der Waals surface area contributed by atoms with Gasteiger partial charge >= 0.3 is 5.97 Å². The first-order chi connectivity index (χ1) is 11.7. The van der Waals surface area contributed by atoms with Crippen LogP contribution in [0.2, 0.25) is 0 Å². The summed E-state index contributed by atoms with van der Waals surface area (Å²) < 4.78 is 19.9. The fraction of sp³-hybridized carbons (Fsp3) is 0.158. The quantitative estimate of drug-likeness (QED) is 0.512. The van der Waals surface area contributed by atoms with Crippen molar-refractivity contribution in [3.05, 3.63) is 84.2 Å². The highest BCUT2D eigenvalue weighted by molar-refractivity contribution is 5.88. The summed E-state index contributed by atoms with van der Waals surface area (Å²) in [6, 6.07) is 15.9. The van der Waals surface area contributed by atoms with Gasteiger partial charge in [-0.05, 0) is 42.7 Å². The number of carbonyl (C=O) groups is 1. The maximum Gasteiger partial charge on any atom is 0.356 e. The van der Waals surface area contributed by atoms with Crippen LogP contribution in [0.15, 0.2) is 67.1 Å². The van der Waals surface area contributed by atoms with Crippen LogP contribution in [0.5, 0.6) is 0 Å². The molecule has 0 N–H and O–H groups in total. The second-order valence-corrected chi connectivity index (χ2v) is 5.35. The molecule has 0 saturated heterocycles. The predicted octanol–water partition coefficient (Wildman–Crippen LogP) is 3.80. The summed E-state index contributed by atoms with van der Waals surface area (Å²) in [5.74, 6) is -0.770. The van der Waals surface area contributed by atoms with E-state index in [2.05, 4.69) is 4.98 Å². The molecule has 1 heterocycles. The molecule has 0 bridgehead atoms. The molecule has 0 aliphatic rings. The van der Waals surface area contributed by atoms with Crippen LogP contribution in [0.3, 0.4) is 0 Å². The molecule has 0 aliphatic carbocycles. The number of benzene rings is 2. The Bertz CT molecular complexity index is 798. The van der Waals surface area contributed by atoms with Crippen LogP contribution >= 0.6 is 0 Å².